The quantitative estimate of drug-likeness (QED) is 0.341. The first-order chi connectivity index (χ1) is 15.6. The van der Waals surface area contributed by atoms with E-state index in [2.05, 4.69) is 48.8 Å². The SMILES string of the molecule is CC(C)COc1cccc(C(=O)NCc2ccc(-c3nc(-c4ccccc4)cs3)cc2)c1. The Kier molecular flexibility index (Phi) is 6.97. The van der Waals surface area contributed by atoms with Crippen LogP contribution >= 0.6 is 11.3 Å². The minimum Gasteiger partial charge on any atom is -0.493 e. The van der Waals surface area contributed by atoms with Gasteiger partial charge in [-0.25, -0.2) is 4.98 Å². The van der Waals surface area contributed by atoms with Crippen molar-refractivity contribution in [3.63, 3.8) is 0 Å². The van der Waals surface area contributed by atoms with Crippen molar-refractivity contribution in [1.82, 2.24) is 10.3 Å². The zero-order valence-electron chi connectivity index (χ0n) is 18.2. The molecule has 0 saturated heterocycles. The van der Waals surface area contributed by atoms with Gasteiger partial charge in [0, 0.05) is 28.6 Å². The van der Waals surface area contributed by atoms with Crippen LogP contribution in [0.5, 0.6) is 5.75 Å². The predicted octanol–water partition coefficient (Wildman–Crippen LogP) is 6.44. The Morgan fingerprint density at radius 2 is 1.75 bits per heavy atom. The van der Waals surface area contributed by atoms with Crippen molar-refractivity contribution in [2.24, 2.45) is 5.92 Å². The number of carbonyl (C=O) groups is 1. The van der Waals surface area contributed by atoms with Crippen LogP contribution in [0.15, 0.2) is 84.2 Å². The minimum atomic E-state index is -0.114. The van der Waals surface area contributed by atoms with Crippen LogP contribution < -0.4 is 10.1 Å². The summed E-state index contributed by atoms with van der Waals surface area (Å²) < 4.78 is 5.72. The molecule has 1 amide bonds. The number of amides is 1. The van der Waals surface area contributed by atoms with Crippen molar-refractivity contribution in [2.75, 3.05) is 6.61 Å². The number of ether oxygens (including phenoxy) is 1. The maximum Gasteiger partial charge on any atom is 0.251 e. The Labute approximate surface area is 192 Å². The molecule has 0 bridgehead atoms. The van der Waals surface area contributed by atoms with E-state index in [0.717, 1.165) is 27.4 Å². The number of nitrogens with zero attached hydrogens (tertiary/aromatic N) is 1. The van der Waals surface area contributed by atoms with Crippen molar-refractivity contribution >= 4 is 17.2 Å². The summed E-state index contributed by atoms with van der Waals surface area (Å²) in [6, 6.07) is 25.6. The highest BCUT2D eigenvalue weighted by Crippen LogP contribution is 2.29. The molecular weight excluding hydrogens is 416 g/mol. The van der Waals surface area contributed by atoms with Crippen molar-refractivity contribution in [1.29, 1.82) is 0 Å². The van der Waals surface area contributed by atoms with E-state index < -0.39 is 0 Å². The van der Waals surface area contributed by atoms with Crippen LogP contribution in [0.3, 0.4) is 0 Å². The van der Waals surface area contributed by atoms with Gasteiger partial charge in [-0.1, -0.05) is 74.5 Å². The van der Waals surface area contributed by atoms with Crippen molar-refractivity contribution < 1.29 is 9.53 Å². The van der Waals surface area contributed by atoms with Crippen molar-refractivity contribution in [3.05, 3.63) is 95.4 Å². The number of hydrogen-bond donors (Lipinski definition) is 1. The summed E-state index contributed by atoms with van der Waals surface area (Å²) in [5.74, 6) is 1.04. The van der Waals surface area contributed by atoms with Gasteiger partial charge in [0.1, 0.15) is 10.8 Å². The van der Waals surface area contributed by atoms with Crippen LogP contribution in [0, 0.1) is 5.92 Å². The van der Waals surface area contributed by atoms with Gasteiger partial charge in [0.15, 0.2) is 0 Å². The Morgan fingerprint density at radius 1 is 0.969 bits per heavy atom. The second-order valence-electron chi connectivity index (χ2n) is 8.02. The summed E-state index contributed by atoms with van der Waals surface area (Å²) in [5.41, 5.74) is 4.81. The van der Waals surface area contributed by atoms with Gasteiger partial charge in [-0.2, -0.15) is 0 Å². The van der Waals surface area contributed by atoms with Gasteiger partial charge < -0.3 is 10.1 Å². The minimum absolute atomic E-state index is 0.114. The lowest BCUT2D eigenvalue weighted by atomic mass is 10.1. The summed E-state index contributed by atoms with van der Waals surface area (Å²) in [7, 11) is 0. The zero-order valence-corrected chi connectivity index (χ0v) is 19.1. The smallest absolute Gasteiger partial charge is 0.251 e. The average Bonchev–Trinajstić information content (AvgIpc) is 3.33. The lowest BCUT2D eigenvalue weighted by Crippen LogP contribution is -2.22. The van der Waals surface area contributed by atoms with Gasteiger partial charge in [-0.05, 0) is 29.7 Å². The first-order valence-electron chi connectivity index (χ1n) is 10.7. The molecule has 0 radical (unpaired) electrons. The zero-order chi connectivity index (χ0) is 22.3. The summed E-state index contributed by atoms with van der Waals surface area (Å²) in [6.45, 7) is 5.28. The number of aromatic nitrogens is 1. The molecule has 0 unspecified atom stereocenters. The fourth-order valence-electron chi connectivity index (χ4n) is 3.19. The number of rotatable bonds is 8. The van der Waals surface area contributed by atoms with Gasteiger partial charge in [0.2, 0.25) is 0 Å². The average molecular weight is 443 g/mol. The molecule has 0 atom stereocenters. The fraction of sp³-hybridized carbons (Fsp3) is 0.185. The van der Waals surface area contributed by atoms with Crippen LogP contribution in [0.4, 0.5) is 0 Å². The number of hydrogen-bond acceptors (Lipinski definition) is 4. The Morgan fingerprint density at radius 3 is 2.50 bits per heavy atom. The number of benzene rings is 3. The third kappa shape index (κ3) is 5.62. The number of carbonyl (C=O) groups excluding carboxylic acids is 1. The van der Waals surface area contributed by atoms with Gasteiger partial charge >= 0.3 is 0 Å². The fourth-order valence-corrected chi connectivity index (χ4v) is 4.02. The summed E-state index contributed by atoms with van der Waals surface area (Å²) >= 11 is 1.63. The number of thiazole rings is 1. The molecule has 4 nitrogen and oxygen atoms in total. The highest BCUT2D eigenvalue weighted by atomic mass is 32.1. The van der Waals surface area contributed by atoms with E-state index in [9.17, 15) is 4.79 Å². The Bertz CT molecular complexity index is 1170. The summed E-state index contributed by atoms with van der Waals surface area (Å²) in [5, 5.41) is 6.05. The maximum absolute atomic E-state index is 12.6. The summed E-state index contributed by atoms with van der Waals surface area (Å²) in [4.78, 5) is 17.3. The molecular formula is C27H26N2O2S. The monoisotopic (exact) mass is 442 g/mol. The first kappa shape index (κ1) is 21.8. The van der Waals surface area contributed by atoms with Crippen LogP contribution in [0.1, 0.15) is 29.8 Å². The molecule has 0 saturated carbocycles. The highest BCUT2D eigenvalue weighted by Gasteiger charge is 2.09. The lowest BCUT2D eigenvalue weighted by Gasteiger charge is -2.10. The van der Waals surface area contributed by atoms with Crippen LogP contribution in [0.25, 0.3) is 21.8 Å². The van der Waals surface area contributed by atoms with E-state index in [-0.39, 0.29) is 5.91 Å². The van der Waals surface area contributed by atoms with Gasteiger partial charge in [-0.15, -0.1) is 11.3 Å². The van der Waals surface area contributed by atoms with Crippen molar-refractivity contribution in [3.8, 4) is 27.6 Å². The Balaban J connectivity index is 1.36. The van der Waals surface area contributed by atoms with Crippen LogP contribution in [0.2, 0.25) is 0 Å². The molecule has 0 aliphatic heterocycles. The number of nitrogens with one attached hydrogen (secondary N) is 1. The van der Waals surface area contributed by atoms with Crippen molar-refractivity contribution in [2.45, 2.75) is 20.4 Å². The molecule has 0 aliphatic carbocycles. The molecule has 0 spiro atoms. The molecule has 1 heterocycles. The molecule has 4 rings (SSSR count). The second kappa shape index (κ2) is 10.2. The van der Waals surface area contributed by atoms with E-state index in [1.807, 2.05) is 42.5 Å². The molecule has 0 aliphatic rings. The van der Waals surface area contributed by atoms with E-state index in [4.69, 9.17) is 9.72 Å². The van der Waals surface area contributed by atoms with Gasteiger partial charge in [0.05, 0.1) is 12.3 Å². The standard InChI is InChI=1S/C27H26N2O2S/c1-19(2)17-31-24-10-6-9-23(15-24)26(30)28-16-20-11-13-22(14-12-20)27-29-25(18-32-27)21-7-4-3-5-8-21/h3-15,18-19H,16-17H2,1-2H3,(H,28,30). The van der Waals surface area contributed by atoms with Crippen LogP contribution in [-0.4, -0.2) is 17.5 Å². The molecule has 162 valence electrons. The normalized spacial score (nSPS) is 10.8. The van der Waals surface area contributed by atoms with E-state index >= 15 is 0 Å². The molecule has 1 aromatic heterocycles. The molecule has 5 heteroatoms. The maximum atomic E-state index is 12.6. The summed E-state index contributed by atoms with van der Waals surface area (Å²) in [6.07, 6.45) is 0. The second-order valence-corrected chi connectivity index (χ2v) is 8.87. The third-order valence-corrected chi connectivity index (χ3v) is 5.80. The first-order valence-corrected chi connectivity index (χ1v) is 11.6. The molecule has 4 aromatic rings. The van der Waals surface area contributed by atoms with Gasteiger partial charge in [0.25, 0.3) is 5.91 Å². The van der Waals surface area contributed by atoms with E-state index in [1.54, 1.807) is 23.5 Å². The molecule has 0 fully saturated rings. The van der Waals surface area contributed by atoms with E-state index in [1.165, 1.54) is 0 Å². The molecule has 1 N–H and O–H groups in total. The topological polar surface area (TPSA) is 51.2 Å². The molecule has 32 heavy (non-hydrogen) atoms. The van der Waals surface area contributed by atoms with Gasteiger partial charge in [-0.3, -0.25) is 4.79 Å². The van der Waals surface area contributed by atoms with E-state index in [0.29, 0.717) is 30.4 Å². The predicted molar refractivity (Wildman–Crippen MR) is 131 cm³/mol. The molecule has 3 aromatic carbocycles. The third-order valence-electron chi connectivity index (χ3n) is 4.91. The largest absolute Gasteiger partial charge is 0.493 e. The highest BCUT2D eigenvalue weighted by molar-refractivity contribution is 7.13. The lowest BCUT2D eigenvalue weighted by molar-refractivity contribution is 0.0950. The Hall–Kier alpha value is -3.44. The van der Waals surface area contributed by atoms with Crippen LogP contribution in [-0.2, 0) is 6.54 Å².